The predicted molar refractivity (Wildman–Crippen MR) is 362 cm³/mol. The summed E-state index contributed by atoms with van der Waals surface area (Å²) in [5, 5.41) is 2.52. The first-order valence-corrected chi connectivity index (χ1v) is 31.2. The van der Waals surface area contributed by atoms with Gasteiger partial charge in [-0.2, -0.15) is 0 Å². The molecule has 3 nitrogen and oxygen atoms in total. The zero-order valence-corrected chi connectivity index (χ0v) is 48.0. The molecule has 0 amide bonds. The quantitative estimate of drug-likeness (QED) is 0.133. The number of benzene rings is 12. The highest BCUT2D eigenvalue weighted by atomic mass is 15.2. The molecule has 6 aliphatic rings. The fourth-order valence-electron chi connectivity index (χ4n) is 17.4. The van der Waals surface area contributed by atoms with E-state index in [1.807, 2.05) is 0 Å². The van der Waals surface area contributed by atoms with E-state index in [0.29, 0.717) is 0 Å². The first-order chi connectivity index (χ1) is 42.6. The van der Waals surface area contributed by atoms with Gasteiger partial charge in [-0.05, 0) is 159 Å². The average Bonchev–Trinajstić information content (AvgIpc) is 0.796. The molecule has 3 heterocycles. The second-order valence-electron chi connectivity index (χ2n) is 25.3. The molecule has 2 aliphatic heterocycles. The minimum atomic E-state index is -0.118. The van der Waals surface area contributed by atoms with Crippen molar-refractivity contribution in [3.63, 3.8) is 0 Å². The van der Waals surface area contributed by atoms with Crippen molar-refractivity contribution < 1.29 is 0 Å². The third kappa shape index (κ3) is 7.68. The minimum Gasteiger partial charge on any atom is -0.310 e. The summed E-state index contributed by atoms with van der Waals surface area (Å²) in [5.41, 5.74) is 28.4. The van der Waals surface area contributed by atoms with Gasteiger partial charge in [-0.15, -0.1) is 0 Å². The summed E-state index contributed by atoms with van der Waals surface area (Å²) in [7, 11) is 0. The minimum absolute atomic E-state index is 0.0484. The van der Waals surface area contributed by atoms with Gasteiger partial charge < -0.3 is 14.4 Å². The van der Waals surface area contributed by atoms with Crippen LogP contribution in [-0.2, 0) is 5.41 Å². The van der Waals surface area contributed by atoms with E-state index in [-0.39, 0.29) is 12.1 Å². The standard InChI is InChI=1S/C82H62BN3/c1-6-22-57(23-7-1)62-40-42-71-75(47-62)85(80-65(58-24-8-2-9-25-58)34-20-35-66(80)59-26-10-3-11-27-59)77-48-63(82-51-54-44-55(52-82)46-56(45-54)53-82)49-78-79(77)83(71)72-43-41-64(84-73-38-18-16-32-69(73)70-33-17-19-39-74(70)84)50-76(72)86(78)81-67(60-28-12-4-13-29-60)36-21-37-68(81)61-30-14-5-15-31-61/h1-43,47-50,54-56H,44-46,51-53H2. The molecule has 4 bridgehead atoms. The fraction of sp³-hybridized carbons (Fsp3) is 0.122. The Bertz CT molecular complexity index is 4600. The van der Waals surface area contributed by atoms with Crippen LogP contribution in [0.2, 0.25) is 0 Å². The van der Waals surface area contributed by atoms with Gasteiger partial charge in [-0.25, -0.2) is 0 Å². The lowest BCUT2D eigenvalue weighted by atomic mass is 9.33. The number of rotatable bonds is 9. The highest BCUT2D eigenvalue weighted by Crippen LogP contribution is 2.63. The summed E-state index contributed by atoms with van der Waals surface area (Å²) in [5.74, 6) is 2.26. The molecule has 4 fully saturated rings. The van der Waals surface area contributed by atoms with Gasteiger partial charge in [0.2, 0.25) is 0 Å². The maximum Gasteiger partial charge on any atom is 0.252 e. The molecule has 12 aromatic carbocycles. The molecular formula is C82H62BN3. The van der Waals surface area contributed by atoms with E-state index in [1.165, 1.54) is 172 Å². The molecule has 4 aliphatic carbocycles. The molecule has 4 heteroatoms. The molecule has 0 saturated heterocycles. The Labute approximate surface area is 504 Å². The van der Waals surface area contributed by atoms with Crippen LogP contribution in [-0.4, -0.2) is 11.3 Å². The molecule has 0 spiro atoms. The molecule has 0 radical (unpaired) electrons. The van der Waals surface area contributed by atoms with Crippen LogP contribution < -0.4 is 26.2 Å². The van der Waals surface area contributed by atoms with Crippen LogP contribution in [0.15, 0.2) is 285 Å². The van der Waals surface area contributed by atoms with E-state index in [0.717, 1.165) is 23.4 Å². The van der Waals surface area contributed by atoms with Crippen molar-refractivity contribution >= 4 is 79.0 Å². The van der Waals surface area contributed by atoms with Gasteiger partial charge in [-0.3, -0.25) is 0 Å². The number of hydrogen-bond acceptors (Lipinski definition) is 2. The smallest absolute Gasteiger partial charge is 0.252 e. The van der Waals surface area contributed by atoms with Crippen LogP contribution in [0, 0.1) is 17.8 Å². The van der Waals surface area contributed by atoms with Gasteiger partial charge in [0.15, 0.2) is 0 Å². The number of anilines is 6. The summed E-state index contributed by atoms with van der Waals surface area (Å²) in [6, 6.07) is 108. The van der Waals surface area contributed by atoms with Gasteiger partial charge >= 0.3 is 0 Å². The van der Waals surface area contributed by atoms with Crippen LogP contribution in [0.4, 0.5) is 34.1 Å². The van der Waals surface area contributed by atoms with Gasteiger partial charge in [-0.1, -0.05) is 243 Å². The summed E-state index contributed by atoms with van der Waals surface area (Å²) in [6.07, 6.45) is 7.87. The molecule has 13 aromatic rings. The Hall–Kier alpha value is -9.90. The summed E-state index contributed by atoms with van der Waals surface area (Å²) < 4.78 is 2.52. The summed E-state index contributed by atoms with van der Waals surface area (Å²) in [6.45, 7) is -0.118. The second kappa shape index (κ2) is 19.6. The van der Waals surface area contributed by atoms with Crippen LogP contribution in [0.5, 0.6) is 0 Å². The van der Waals surface area contributed by atoms with Crippen molar-refractivity contribution in [2.45, 2.75) is 43.9 Å². The summed E-state index contributed by atoms with van der Waals surface area (Å²) >= 11 is 0. The van der Waals surface area contributed by atoms with Crippen LogP contribution in [0.3, 0.4) is 0 Å². The number of aromatic nitrogens is 1. The highest BCUT2D eigenvalue weighted by Gasteiger charge is 2.53. The molecule has 408 valence electrons. The molecule has 1 aromatic heterocycles. The van der Waals surface area contributed by atoms with Crippen molar-refractivity contribution in [3.05, 3.63) is 291 Å². The molecular weight excluding hydrogens is 1040 g/mol. The maximum absolute atomic E-state index is 2.78. The molecule has 4 saturated carbocycles. The van der Waals surface area contributed by atoms with Crippen molar-refractivity contribution in [2.75, 3.05) is 9.80 Å². The SMILES string of the molecule is c1ccc(-c2ccc3c(c2)N(c2c(-c4ccccc4)cccc2-c2ccccc2)c2cc(C45CC6CC(CC(C6)C4)C5)cc4c2B3c2ccc(-n3c5ccccc5c5ccccc53)cc2N4c2c(-c3ccccc3)cccc2-c2ccccc2)cc1. The highest BCUT2D eigenvalue weighted by molar-refractivity contribution is 7.00. The number of hydrogen-bond donors (Lipinski definition) is 0. The van der Waals surface area contributed by atoms with E-state index in [2.05, 4.69) is 299 Å². The Balaban J connectivity index is 1.02. The van der Waals surface area contributed by atoms with E-state index in [1.54, 1.807) is 0 Å². The average molecular weight is 1100 g/mol. The predicted octanol–water partition coefficient (Wildman–Crippen LogP) is 19.7. The van der Waals surface area contributed by atoms with Crippen LogP contribution in [0.25, 0.3) is 83.1 Å². The zero-order valence-electron chi connectivity index (χ0n) is 48.0. The number of nitrogens with zero attached hydrogens (tertiary/aromatic N) is 3. The van der Waals surface area contributed by atoms with Crippen molar-refractivity contribution in [1.29, 1.82) is 0 Å². The Morgan fingerprint density at radius 3 is 1.14 bits per heavy atom. The van der Waals surface area contributed by atoms with Crippen LogP contribution in [0.1, 0.15) is 44.1 Å². The Morgan fingerprint density at radius 1 is 0.314 bits per heavy atom. The third-order valence-corrected chi connectivity index (χ3v) is 20.5. The lowest BCUT2D eigenvalue weighted by molar-refractivity contribution is -0.00514. The fourth-order valence-corrected chi connectivity index (χ4v) is 17.4. The summed E-state index contributed by atoms with van der Waals surface area (Å²) in [4.78, 5) is 5.54. The molecule has 86 heavy (non-hydrogen) atoms. The van der Waals surface area contributed by atoms with E-state index in [4.69, 9.17) is 0 Å². The second-order valence-corrected chi connectivity index (χ2v) is 25.3. The largest absolute Gasteiger partial charge is 0.310 e. The van der Waals surface area contributed by atoms with Crippen molar-refractivity contribution in [1.82, 2.24) is 4.57 Å². The zero-order chi connectivity index (χ0) is 56.5. The van der Waals surface area contributed by atoms with E-state index in [9.17, 15) is 0 Å². The van der Waals surface area contributed by atoms with Crippen molar-refractivity contribution in [3.8, 4) is 61.3 Å². The monoisotopic (exact) mass is 1100 g/mol. The third-order valence-electron chi connectivity index (χ3n) is 20.5. The Kier molecular flexibility index (Phi) is 11.3. The van der Waals surface area contributed by atoms with Gasteiger partial charge in [0.05, 0.1) is 22.4 Å². The lowest BCUT2D eigenvalue weighted by Crippen LogP contribution is -2.61. The van der Waals surface area contributed by atoms with Crippen molar-refractivity contribution in [2.24, 2.45) is 17.8 Å². The maximum atomic E-state index is 2.78. The first-order valence-electron chi connectivity index (χ1n) is 31.2. The molecule has 19 rings (SSSR count). The van der Waals surface area contributed by atoms with Crippen LogP contribution >= 0.6 is 0 Å². The lowest BCUT2D eigenvalue weighted by Gasteiger charge is -2.57. The first kappa shape index (κ1) is 49.5. The van der Waals surface area contributed by atoms with Gasteiger partial charge in [0.25, 0.3) is 6.71 Å². The van der Waals surface area contributed by atoms with Gasteiger partial charge in [0, 0.05) is 61.5 Å². The van der Waals surface area contributed by atoms with Gasteiger partial charge in [0.1, 0.15) is 0 Å². The molecule has 0 N–H and O–H groups in total. The Morgan fingerprint density at radius 2 is 0.698 bits per heavy atom. The molecule has 0 atom stereocenters. The normalized spacial score (nSPS) is 18.7. The number of fused-ring (bicyclic) bond motifs is 7. The molecule has 0 unspecified atom stereocenters. The van der Waals surface area contributed by atoms with E-state index < -0.39 is 0 Å². The number of para-hydroxylation sites is 4. The topological polar surface area (TPSA) is 11.4 Å². The van der Waals surface area contributed by atoms with E-state index >= 15 is 0 Å².